The fraction of sp³-hybridized carbons (Fsp3) is 0.294. The Kier molecular flexibility index (Phi) is 4.04. The van der Waals surface area contributed by atoms with E-state index in [0.29, 0.717) is 28.5 Å². The number of carbonyl (C=O) groups is 1. The average Bonchev–Trinajstić information content (AvgIpc) is 3.21. The molecule has 2 aromatic heterocycles. The number of amides is 1. The molecule has 1 aliphatic rings. The molecule has 1 amide bonds. The fourth-order valence-electron chi connectivity index (χ4n) is 3.02. The van der Waals surface area contributed by atoms with Crippen LogP contribution in [0.15, 0.2) is 46.5 Å². The lowest BCUT2D eigenvalue weighted by Gasteiger charge is -2.13. The van der Waals surface area contributed by atoms with Gasteiger partial charge in [0.25, 0.3) is 5.56 Å². The van der Waals surface area contributed by atoms with E-state index in [1.165, 1.54) is 11.8 Å². The zero-order valence-electron chi connectivity index (χ0n) is 13.7. The van der Waals surface area contributed by atoms with Crippen molar-refractivity contribution in [1.82, 2.24) is 24.6 Å². The van der Waals surface area contributed by atoms with Crippen LogP contribution in [0.25, 0.3) is 16.7 Å². The minimum Gasteiger partial charge on any atom is -0.356 e. The van der Waals surface area contributed by atoms with Gasteiger partial charge in [-0.15, -0.1) is 0 Å². The van der Waals surface area contributed by atoms with Crippen LogP contribution in [0.2, 0.25) is 0 Å². The normalized spacial score (nSPS) is 16.1. The van der Waals surface area contributed by atoms with Crippen LogP contribution in [0, 0.1) is 0 Å². The predicted molar refractivity (Wildman–Crippen MR) is 96.2 cm³/mol. The molecule has 0 saturated carbocycles. The molecule has 0 spiro atoms. The molecular weight excluding hydrogens is 338 g/mol. The summed E-state index contributed by atoms with van der Waals surface area (Å²) in [6.45, 7) is 2.46. The second-order valence-corrected chi connectivity index (χ2v) is 6.81. The topological polar surface area (TPSA) is 81.8 Å². The molecule has 4 rings (SSSR count). The van der Waals surface area contributed by atoms with Crippen molar-refractivity contribution in [2.45, 2.75) is 24.5 Å². The zero-order valence-corrected chi connectivity index (χ0v) is 14.5. The maximum absolute atomic E-state index is 12.9. The minimum absolute atomic E-state index is 0.0482. The lowest BCUT2D eigenvalue weighted by atomic mass is 10.2. The summed E-state index contributed by atoms with van der Waals surface area (Å²) in [5.41, 5.74) is 1.27. The third kappa shape index (κ3) is 2.72. The first-order valence-electron chi connectivity index (χ1n) is 8.14. The number of hydrogen-bond acceptors (Lipinski definition) is 5. The van der Waals surface area contributed by atoms with Crippen molar-refractivity contribution in [3.8, 4) is 5.69 Å². The Morgan fingerprint density at radius 3 is 2.92 bits per heavy atom. The number of aromatic nitrogens is 4. The van der Waals surface area contributed by atoms with Crippen LogP contribution in [-0.4, -0.2) is 37.5 Å². The number of para-hydroxylation sites is 1. The van der Waals surface area contributed by atoms with Crippen LogP contribution in [-0.2, 0) is 4.79 Å². The van der Waals surface area contributed by atoms with Crippen molar-refractivity contribution in [3.05, 3.63) is 46.9 Å². The van der Waals surface area contributed by atoms with Crippen molar-refractivity contribution in [3.63, 3.8) is 0 Å². The van der Waals surface area contributed by atoms with E-state index in [-0.39, 0.29) is 23.9 Å². The molecule has 25 heavy (non-hydrogen) atoms. The van der Waals surface area contributed by atoms with Gasteiger partial charge in [0.2, 0.25) is 5.91 Å². The minimum atomic E-state index is -0.170. The van der Waals surface area contributed by atoms with E-state index in [1.807, 2.05) is 37.3 Å². The highest BCUT2D eigenvalue weighted by Crippen LogP contribution is 2.33. The Morgan fingerprint density at radius 1 is 1.36 bits per heavy atom. The van der Waals surface area contributed by atoms with Crippen molar-refractivity contribution >= 4 is 28.7 Å². The van der Waals surface area contributed by atoms with Crippen LogP contribution in [0.3, 0.4) is 0 Å². The molecule has 7 nitrogen and oxygen atoms in total. The van der Waals surface area contributed by atoms with Gasteiger partial charge in [-0.2, -0.15) is 5.10 Å². The molecule has 8 heteroatoms. The van der Waals surface area contributed by atoms with E-state index >= 15 is 0 Å². The van der Waals surface area contributed by atoms with Crippen molar-refractivity contribution < 1.29 is 4.79 Å². The molecule has 3 heterocycles. The van der Waals surface area contributed by atoms with Gasteiger partial charge in [-0.25, -0.2) is 9.67 Å². The van der Waals surface area contributed by atoms with Crippen LogP contribution in [0.4, 0.5) is 0 Å². The number of carbonyl (C=O) groups excluding carboxylic acids is 1. The van der Waals surface area contributed by atoms with Crippen LogP contribution < -0.4 is 10.9 Å². The second kappa shape index (κ2) is 6.36. The largest absolute Gasteiger partial charge is 0.356 e. The summed E-state index contributed by atoms with van der Waals surface area (Å²) in [6.07, 6.45) is 1.84. The molecule has 0 unspecified atom stereocenters. The first-order valence-corrected chi connectivity index (χ1v) is 9.12. The summed E-state index contributed by atoms with van der Waals surface area (Å²) in [5, 5.41) is 8.23. The second-order valence-electron chi connectivity index (χ2n) is 5.82. The number of benzene rings is 1. The number of nitrogens with zero attached hydrogens (tertiary/aromatic N) is 4. The number of thioether (sulfide) groups is 1. The monoisotopic (exact) mass is 355 g/mol. The summed E-state index contributed by atoms with van der Waals surface area (Å²) in [6, 6.07) is 9.43. The van der Waals surface area contributed by atoms with Gasteiger partial charge >= 0.3 is 0 Å². The quantitative estimate of drug-likeness (QED) is 0.721. The molecule has 0 radical (unpaired) electrons. The first kappa shape index (κ1) is 15.9. The predicted octanol–water partition coefficient (Wildman–Crippen LogP) is 1.76. The van der Waals surface area contributed by atoms with E-state index in [0.717, 1.165) is 5.69 Å². The third-order valence-corrected chi connectivity index (χ3v) is 5.26. The van der Waals surface area contributed by atoms with Gasteiger partial charge in [0.15, 0.2) is 10.8 Å². The highest BCUT2D eigenvalue weighted by atomic mass is 32.2. The number of nitrogens with one attached hydrogen (secondary N) is 1. The van der Waals surface area contributed by atoms with Crippen LogP contribution >= 0.6 is 11.8 Å². The van der Waals surface area contributed by atoms with Crippen LogP contribution in [0.5, 0.6) is 0 Å². The first-order chi connectivity index (χ1) is 12.2. The van der Waals surface area contributed by atoms with E-state index in [4.69, 9.17) is 0 Å². The smallest absolute Gasteiger partial charge is 0.265 e. The summed E-state index contributed by atoms with van der Waals surface area (Å²) in [4.78, 5) is 29.5. The standard InChI is InChI=1S/C17H17N5O2S/c1-2-18-14(23)8-12-10-25-17-20-15-13(16(24)21(12)17)9-19-22(15)11-6-4-3-5-7-11/h3-7,9,12H,2,8,10H2,1H3,(H,18,23)/t12-/m1/s1. The van der Waals surface area contributed by atoms with Crippen molar-refractivity contribution in [2.75, 3.05) is 12.3 Å². The van der Waals surface area contributed by atoms with E-state index in [2.05, 4.69) is 15.4 Å². The third-order valence-electron chi connectivity index (χ3n) is 4.17. The molecule has 0 bridgehead atoms. The summed E-state index contributed by atoms with van der Waals surface area (Å²) >= 11 is 1.50. The molecule has 0 aliphatic carbocycles. The van der Waals surface area contributed by atoms with Gasteiger partial charge in [0.1, 0.15) is 5.39 Å². The van der Waals surface area contributed by atoms with Crippen molar-refractivity contribution in [1.29, 1.82) is 0 Å². The van der Waals surface area contributed by atoms with E-state index < -0.39 is 0 Å². The van der Waals surface area contributed by atoms with E-state index in [1.54, 1.807) is 15.4 Å². The number of rotatable bonds is 4. The molecule has 0 saturated heterocycles. The summed E-state index contributed by atoms with van der Waals surface area (Å²) < 4.78 is 3.31. The Labute approximate surface area is 148 Å². The van der Waals surface area contributed by atoms with Gasteiger partial charge in [-0.05, 0) is 19.1 Å². The molecule has 1 aromatic carbocycles. The van der Waals surface area contributed by atoms with Gasteiger partial charge < -0.3 is 5.32 Å². The van der Waals surface area contributed by atoms with Gasteiger partial charge in [-0.3, -0.25) is 14.2 Å². The molecule has 1 N–H and O–H groups in total. The lowest BCUT2D eigenvalue weighted by molar-refractivity contribution is -0.121. The van der Waals surface area contributed by atoms with Gasteiger partial charge in [-0.1, -0.05) is 30.0 Å². The number of fused-ring (bicyclic) bond motifs is 2. The fourth-order valence-corrected chi connectivity index (χ4v) is 4.15. The summed E-state index contributed by atoms with van der Waals surface area (Å²) in [7, 11) is 0. The molecular formula is C17H17N5O2S. The Hall–Kier alpha value is -2.61. The highest BCUT2D eigenvalue weighted by Gasteiger charge is 2.29. The van der Waals surface area contributed by atoms with Gasteiger partial charge in [0, 0.05) is 18.7 Å². The zero-order chi connectivity index (χ0) is 17.4. The molecule has 1 aliphatic heterocycles. The molecule has 3 aromatic rings. The number of hydrogen-bond donors (Lipinski definition) is 1. The Bertz CT molecular complexity index is 995. The Morgan fingerprint density at radius 2 is 2.16 bits per heavy atom. The van der Waals surface area contributed by atoms with Crippen LogP contribution in [0.1, 0.15) is 19.4 Å². The highest BCUT2D eigenvalue weighted by molar-refractivity contribution is 7.99. The maximum Gasteiger partial charge on any atom is 0.265 e. The van der Waals surface area contributed by atoms with E-state index in [9.17, 15) is 9.59 Å². The molecule has 128 valence electrons. The average molecular weight is 355 g/mol. The molecule has 0 fully saturated rings. The summed E-state index contributed by atoms with van der Waals surface area (Å²) in [5.74, 6) is 0.623. The van der Waals surface area contributed by atoms with Gasteiger partial charge in [0.05, 0.1) is 17.9 Å². The lowest BCUT2D eigenvalue weighted by Crippen LogP contribution is -2.30. The van der Waals surface area contributed by atoms with Crippen molar-refractivity contribution in [2.24, 2.45) is 0 Å². The Balaban J connectivity index is 1.79. The SMILES string of the molecule is CCNC(=O)C[C@@H]1CSc2nc3c(cnn3-c3ccccc3)c(=O)n21. The molecule has 1 atom stereocenters. The maximum atomic E-state index is 12.9.